The quantitative estimate of drug-likeness (QED) is 0.856. The predicted molar refractivity (Wildman–Crippen MR) is 80.9 cm³/mol. The highest BCUT2D eigenvalue weighted by molar-refractivity contribution is 9.11. The van der Waals surface area contributed by atoms with Crippen LogP contribution in [0.1, 0.15) is 16.3 Å². The van der Waals surface area contributed by atoms with Gasteiger partial charge in [-0.2, -0.15) is 0 Å². The number of aryl methyl sites for hydroxylation is 1. The molecule has 0 radical (unpaired) electrons. The molecular weight excluding hydrogens is 380 g/mol. The second kappa shape index (κ2) is 6.14. The Kier molecular flexibility index (Phi) is 4.77. The first-order valence-electron chi connectivity index (χ1n) is 5.32. The van der Waals surface area contributed by atoms with Gasteiger partial charge in [-0.1, -0.05) is 0 Å². The maximum Gasteiger partial charge on any atom is 0.148 e. The van der Waals surface area contributed by atoms with E-state index in [2.05, 4.69) is 36.8 Å². The molecule has 0 saturated heterocycles. The number of nitrogens with two attached hydrogens (primary N) is 1. The molecule has 96 valence electrons. The molecule has 2 aromatic rings. The van der Waals surface area contributed by atoms with Crippen LogP contribution in [0.25, 0.3) is 0 Å². The highest BCUT2D eigenvalue weighted by Crippen LogP contribution is 2.35. The van der Waals surface area contributed by atoms with Gasteiger partial charge in [0.25, 0.3) is 0 Å². The lowest BCUT2D eigenvalue weighted by Gasteiger charge is -2.10. The van der Waals surface area contributed by atoms with Gasteiger partial charge >= 0.3 is 0 Å². The molecule has 0 aliphatic rings. The molecule has 18 heavy (non-hydrogen) atoms. The van der Waals surface area contributed by atoms with E-state index in [0.717, 1.165) is 31.0 Å². The highest BCUT2D eigenvalue weighted by atomic mass is 79.9. The Bertz CT molecular complexity index is 534. The van der Waals surface area contributed by atoms with Crippen molar-refractivity contribution in [1.29, 1.82) is 0 Å². The number of rotatable bonds is 4. The first-order chi connectivity index (χ1) is 8.60. The fraction of sp³-hybridized carbons (Fsp3) is 0.250. The summed E-state index contributed by atoms with van der Waals surface area (Å²) in [6.45, 7) is 2.95. The molecular formula is C12H12Br2N2OS. The minimum absolute atomic E-state index is 0.470. The van der Waals surface area contributed by atoms with Crippen LogP contribution in [0.3, 0.4) is 0 Å². The van der Waals surface area contributed by atoms with Gasteiger partial charge in [-0.3, -0.25) is 0 Å². The number of thiazole rings is 1. The molecule has 0 amide bonds. The second-order valence-electron chi connectivity index (χ2n) is 3.76. The van der Waals surface area contributed by atoms with Gasteiger partial charge in [0.1, 0.15) is 17.4 Å². The van der Waals surface area contributed by atoms with Gasteiger partial charge in [0.2, 0.25) is 0 Å². The standard InChI is InChI=1S/C12H12Br2N2OS/c1-7-6-18-11(16-7)5-17-12-9(13)2-8(4-15)3-10(12)14/h2-3,6H,4-5,15H2,1H3. The molecule has 2 rings (SSSR count). The van der Waals surface area contributed by atoms with Crippen molar-refractivity contribution in [3.63, 3.8) is 0 Å². The van der Waals surface area contributed by atoms with Crippen molar-refractivity contribution < 1.29 is 4.74 Å². The predicted octanol–water partition coefficient (Wildman–Crippen LogP) is 4.01. The molecule has 1 aromatic heterocycles. The average Bonchev–Trinajstić information content (AvgIpc) is 2.73. The zero-order valence-electron chi connectivity index (χ0n) is 9.74. The molecule has 0 fully saturated rings. The molecule has 0 unspecified atom stereocenters. The summed E-state index contributed by atoms with van der Waals surface area (Å²) in [5.41, 5.74) is 7.69. The minimum Gasteiger partial charge on any atom is -0.484 e. The zero-order chi connectivity index (χ0) is 13.1. The van der Waals surface area contributed by atoms with Crippen molar-refractivity contribution in [2.45, 2.75) is 20.1 Å². The number of hydrogen-bond acceptors (Lipinski definition) is 4. The normalized spacial score (nSPS) is 10.7. The van der Waals surface area contributed by atoms with Crippen LogP contribution in [0.5, 0.6) is 5.75 Å². The Balaban J connectivity index is 2.14. The summed E-state index contributed by atoms with van der Waals surface area (Å²) >= 11 is 8.58. The van der Waals surface area contributed by atoms with Crippen molar-refractivity contribution in [2.24, 2.45) is 5.73 Å². The third-order valence-corrected chi connectivity index (χ3v) is 4.42. The molecule has 3 nitrogen and oxygen atoms in total. The van der Waals surface area contributed by atoms with Crippen LogP contribution in [0.2, 0.25) is 0 Å². The lowest BCUT2D eigenvalue weighted by molar-refractivity contribution is 0.301. The van der Waals surface area contributed by atoms with Crippen molar-refractivity contribution >= 4 is 43.2 Å². The smallest absolute Gasteiger partial charge is 0.148 e. The Morgan fingerprint density at radius 1 is 1.33 bits per heavy atom. The molecule has 0 saturated carbocycles. The van der Waals surface area contributed by atoms with E-state index in [9.17, 15) is 0 Å². The first-order valence-corrected chi connectivity index (χ1v) is 7.78. The van der Waals surface area contributed by atoms with Crippen molar-refractivity contribution in [3.8, 4) is 5.75 Å². The van der Waals surface area contributed by atoms with Crippen molar-refractivity contribution in [2.75, 3.05) is 0 Å². The topological polar surface area (TPSA) is 48.1 Å². The Hall–Kier alpha value is -0.430. The van der Waals surface area contributed by atoms with E-state index in [1.165, 1.54) is 0 Å². The Labute approximate surface area is 127 Å². The summed E-state index contributed by atoms with van der Waals surface area (Å²) in [6, 6.07) is 3.93. The van der Waals surface area contributed by atoms with Crippen LogP contribution < -0.4 is 10.5 Å². The van der Waals surface area contributed by atoms with E-state index in [1.807, 2.05) is 24.4 Å². The maximum absolute atomic E-state index is 5.78. The van der Waals surface area contributed by atoms with Crippen LogP contribution in [-0.2, 0) is 13.2 Å². The minimum atomic E-state index is 0.470. The van der Waals surface area contributed by atoms with Gasteiger partial charge in [-0.05, 0) is 56.5 Å². The van der Waals surface area contributed by atoms with Crippen molar-refractivity contribution in [1.82, 2.24) is 4.98 Å². The van der Waals surface area contributed by atoms with Crippen LogP contribution in [0, 0.1) is 6.92 Å². The number of benzene rings is 1. The summed E-state index contributed by atoms with van der Waals surface area (Å²) in [4.78, 5) is 4.36. The summed E-state index contributed by atoms with van der Waals surface area (Å²) in [7, 11) is 0. The molecule has 2 N–H and O–H groups in total. The fourth-order valence-corrected chi connectivity index (χ4v) is 3.66. The van der Waals surface area contributed by atoms with Gasteiger partial charge in [0.05, 0.1) is 8.95 Å². The van der Waals surface area contributed by atoms with Crippen molar-refractivity contribution in [3.05, 3.63) is 42.7 Å². The zero-order valence-corrected chi connectivity index (χ0v) is 13.7. The summed E-state index contributed by atoms with van der Waals surface area (Å²) in [5.74, 6) is 0.778. The van der Waals surface area contributed by atoms with E-state index >= 15 is 0 Å². The Morgan fingerprint density at radius 3 is 2.50 bits per heavy atom. The lowest BCUT2D eigenvalue weighted by Crippen LogP contribution is -2.00. The number of aromatic nitrogens is 1. The van der Waals surface area contributed by atoms with Gasteiger partial charge in [-0.15, -0.1) is 11.3 Å². The molecule has 0 aliphatic carbocycles. The number of hydrogen-bond donors (Lipinski definition) is 1. The SMILES string of the molecule is Cc1csc(COc2c(Br)cc(CN)cc2Br)n1. The average molecular weight is 392 g/mol. The first kappa shape index (κ1) is 14.0. The van der Waals surface area contributed by atoms with Gasteiger partial charge in [0.15, 0.2) is 0 Å². The van der Waals surface area contributed by atoms with Crippen LogP contribution in [0.15, 0.2) is 26.5 Å². The monoisotopic (exact) mass is 390 g/mol. The highest BCUT2D eigenvalue weighted by Gasteiger charge is 2.09. The number of nitrogens with zero attached hydrogens (tertiary/aromatic N) is 1. The van der Waals surface area contributed by atoms with E-state index in [0.29, 0.717) is 13.2 Å². The van der Waals surface area contributed by atoms with Crippen LogP contribution in [-0.4, -0.2) is 4.98 Å². The molecule has 1 heterocycles. The van der Waals surface area contributed by atoms with E-state index in [-0.39, 0.29) is 0 Å². The number of halogens is 2. The van der Waals surface area contributed by atoms with Crippen LogP contribution in [0.4, 0.5) is 0 Å². The maximum atomic E-state index is 5.78. The van der Waals surface area contributed by atoms with E-state index in [1.54, 1.807) is 11.3 Å². The van der Waals surface area contributed by atoms with Gasteiger partial charge in [0, 0.05) is 17.6 Å². The summed E-state index contributed by atoms with van der Waals surface area (Å²) in [6.07, 6.45) is 0. The molecule has 6 heteroatoms. The van der Waals surface area contributed by atoms with E-state index < -0.39 is 0 Å². The summed E-state index contributed by atoms with van der Waals surface area (Å²) < 4.78 is 7.57. The number of ether oxygens (including phenoxy) is 1. The Morgan fingerprint density at radius 2 is 2.00 bits per heavy atom. The van der Waals surface area contributed by atoms with E-state index in [4.69, 9.17) is 10.5 Å². The molecule has 0 aliphatic heterocycles. The second-order valence-corrected chi connectivity index (χ2v) is 6.42. The molecule has 1 aromatic carbocycles. The molecule has 0 atom stereocenters. The lowest BCUT2D eigenvalue weighted by atomic mass is 10.2. The largest absolute Gasteiger partial charge is 0.484 e. The van der Waals surface area contributed by atoms with Gasteiger partial charge < -0.3 is 10.5 Å². The van der Waals surface area contributed by atoms with Crippen LogP contribution >= 0.6 is 43.2 Å². The third kappa shape index (κ3) is 3.32. The fourth-order valence-electron chi connectivity index (χ4n) is 1.47. The third-order valence-electron chi connectivity index (χ3n) is 2.30. The molecule has 0 bridgehead atoms. The summed E-state index contributed by atoms with van der Waals surface area (Å²) in [5, 5.41) is 2.98. The molecule has 0 spiro atoms. The van der Waals surface area contributed by atoms with Gasteiger partial charge in [-0.25, -0.2) is 4.98 Å².